The molecule has 0 atom stereocenters. The molecule has 0 saturated carbocycles. The predicted octanol–water partition coefficient (Wildman–Crippen LogP) is 1.69. The molecular weight excluding hydrogens is 250 g/mol. The van der Waals surface area contributed by atoms with Crippen LogP contribution in [-0.2, 0) is 13.0 Å². The standard InChI is InChI=1S/C12H13N3O4/c1-2-3-10-14-11(19-15-10)7-18-8-4-5-9(12(16)17)13-6-8/h4-6H,2-3,7H2,1H3,(H,16,17). The molecule has 0 aliphatic rings. The normalized spacial score (nSPS) is 10.4. The molecule has 0 bridgehead atoms. The van der Waals surface area contributed by atoms with Crippen molar-refractivity contribution in [2.75, 3.05) is 0 Å². The lowest BCUT2D eigenvalue weighted by Gasteiger charge is -2.02. The Morgan fingerprint density at radius 3 is 2.95 bits per heavy atom. The molecule has 7 heteroatoms. The SMILES string of the molecule is CCCc1noc(COc2ccc(C(=O)O)nc2)n1. The molecule has 2 rings (SSSR count). The van der Waals surface area contributed by atoms with Gasteiger partial charge in [-0.1, -0.05) is 12.1 Å². The van der Waals surface area contributed by atoms with Crippen LogP contribution < -0.4 is 4.74 Å². The Morgan fingerprint density at radius 1 is 1.47 bits per heavy atom. The number of aryl methyl sites for hydroxylation is 1. The molecular formula is C12H13N3O4. The first kappa shape index (κ1) is 13.0. The quantitative estimate of drug-likeness (QED) is 0.846. The fraction of sp³-hybridized carbons (Fsp3) is 0.333. The molecule has 2 aromatic heterocycles. The van der Waals surface area contributed by atoms with E-state index in [1.165, 1.54) is 18.3 Å². The first-order valence-corrected chi connectivity index (χ1v) is 5.82. The minimum Gasteiger partial charge on any atom is -0.482 e. The Kier molecular flexibility index (Phi) is 4.07. The third-order valence-corrected chi connectivity index (χ3v) is 2.30. The fourth-order valence-electron chi connectivity index (χ4n) is 1.41. The van der Waals surface area contributed by atoms with Gasteiger partial charge in [0.1, 0.15) is 11.4 Å². The van der Waals surface area contributed by atoms with Crippen LogP contribution in [0, 0.1) is 0 Å². The molecule has 2 aromatic rings. The van der Waals surface area contributed by atoms with Gasteiger partial charge in [-0.15, -0.1) is 0 Å². The molecule has 2 heterocycles. The second kappa shape index (κ2) is 5.94. The minimum atomic E-state index is -1.08. The average Bonchev–Trinajstić information content (AvgIpc) is 2.85. The van der Waals surface area contributed by atoms with Crippen molar-refractivity contribution in [3.8, 4) is 5.75 Å². The summed E-state index contributed by atoms with van der Waals surface area (Å²) in [7, 11) is 0. The molecule has 0 aliphatic carbocycles. The highest BCUT2D eigenvalue weighted by atomic mass is 16.5. The van der Waals surface area contributed by atoms with E-state index < -0.39 is 5.97 Å². The van der Waals surface area contributed by atoms with E-state index in [-0.39, 0.29) is 12.3 Å². The third-order valence-electron chi connectivity index (χ3n) is 2.30. The van der Waals surface area contributed by atoms with E-state index in [0.29, 0.717) is 17.5 Å². The summed E-state index contributed by atoms with van der Waals surface area (Å²) < 4.78 is 10.4. The average molecular weight is 263 g/mol. The van der Waals surface area contributed by atoms with Gasteiger partial charge in [-0.2, -0.15) is 4.98 Å². The van der Waals surface area contributed by atoms with Crippen molar-refractivity contribution >= 4 is 5.97 Å². The topological polar surface area (TPSA) is 98.3 Å². The summed E-state index contributed by atoms with van der Waals surface area (Å²) in [4.78, 5) is 18.5. The number of pyridine rings is 1. The van der Waals surface area contributed by atoms with E-state index in [9.17, 15) is 4.79 Å². The number of aromatic carboxylic acids is 1. The van der Waals surface area contributed by atoms with E-state index in [1.54, 1.807) is 0 Å². The van der Waals surface area contributed by atoms with Gasteiger partial charge in [-0.05, 0) is 18.6 Å². The number of hydrogen-bond acceptors (Lipinski definition) is 6. The van der Waals surface area contributed by atoms with Crippen LogP contribution in [-0.4, -0.2) is 26.2 Å². The van der Waals surface area contributed by atoms with E-state index in [2.05, 4.69) is 15.1 Å². The molecule has 19 heavy (non-hydrogen) atoms. The van der Waals surface area contributed by atoms with Gasteiger partial charge < -0.3 is 14.4 Å². The van der Waals surface area contributed by atoms with E-state index in [4.69, 9.17) is 14.4 Å². The smallest absolute Gasteiger partial charge is 0.354 e. The number of ether oxygens (including phenoxy) is 1. The summed E-state index contributed by atoms with van der Waals surface area (Å²) in [5, 5.41) is 12.5. The number of rotatable bonds is 6. The van der Waals surface area contributed by atoms with Crippen molar-refractivity contribution in [1.29, 1.82) is 0 Å². The maximum atomic E-state index is 10.6. The monoisotopic (exact) mass is 263 g/mol. The van der Waals surface area contributed by atoms with Crippen LogP contribution in [0.4, 0.5) is 0 Å². The van der Waals surface area contributed by atoms with Gasteiger partial charge in [0, 0.05) is 6.42 Å². The van der Waals surface area contributed by atoms with Crippen molar-refractivity contribution in [3.05, 3.63) is 35.7 Å². The van der Waals surface area contributed by atoms with Gasteiger partial charge in [-0.25, -0.2) is 9.78 Å². The zero-order valence-electron chi connectivity index (χ0n) is 10.4. The Hall–Kier alpha value is -2.44. The molecule has 0 aliphatic heterocycles. The highest BCUT2D eigenvalue weighted by Gasteiger charge is 2.07. The van der Waals surface area contributed by atoms with Gasteiger partial charge >= 0.3 is 5.97 Å². The van der Waals surface area contributed by atoms with Crippen molar-refractivity contribution in [2.24, 2.45) is 0 Å². The van der Waals surface area contributed by atoms with Crippen LogP contribution in [0.25, 0.3) is 0 Å². The molecule has 0 fully saturated rings. The van der Waals surface area contributed by atoms with Crippen LogP contribution in [0.5, 0.6) is 5.75 Å². The first-order valence-electron chi connectivity index (χ1n) is 5.82. The van der Waals surface area contributed by atoms with Gasteiger partial charge in [0.15, 0.2) is 12.4 Å². The first-order chi connectivity index (χ1) is 9.19. The maximum absolute atomic E-state index is 10.6. The van der Waals surface area contributed by atoms with Crippen LogP contribution >= 0.6 is 0 Å². The number of carbonyl (C=O) groups is 1. The second-order valence-corrected chi connectivity index (χ2v) is 3.83. The zero-order valence-corrected chi connectivity index (χ0v) is 10.4. The van der Waals surface area contributed by atoms with Gasteiger partial charge in [0.25, 0.3) is 5.89 Å². The summed E-state index contributed by atoms with van der Waals surface area (Å²) in [6, 6.07) is 2.90. The van der Waals surface area contributed by atoms with Crippen LogP contribution in [0.3, 0.4) is 0 Å². The molecule has 0 saturated heterocycles. The van der Waals surface area contributed by atoms with Crippen LogP contribution in [0.15, 0.2) is 22.9 Å². The van der Waals surface area contributed by atoms with E-state index in [1.807, 2.05) is 6.92 Å². The summed E-state index contributed by atoms with van der Waals surface area (Å²) in [6.45, 7) is 2.16. The Morgan fingerprint density at radius 2 is 2.32 bits per heavy atom. The molecule has 0 unspecified atom stereocenters. The largest absolute Gasteiger partial charge is 0.482 e. The number of hydrogen-bond donors (Lipinski definition) is 1. The lowest BCUT2D eigenvalue weighted by molar-refractivity contribution is 0.0690. The number of carboxylic acids is 1. The minimum absolute atomic E-state index is 0.0321. The second-order valence-electron chi connectivity index (χ2n) is 3.83. The summed E-state index contributed by atoms with van der Waals surface area (Å²) >= 11 is 0. The maximum Gasteiger partial charge on any atom is 0.354 e. The predicted molar refractivity (Wildman–Crippen MR) is 63.8 cm³/mol. The van der Waals surface area contributed by atoms with Crippen molar-refractivity contribution in [2.45, 2.75) is 26.4 Å². The lowest BCUT2D eigenvalue weighted by atomic mass is 10.3. The highest BCUT2D eigenvalue weighted by molar-refractivity contribution is 5.85. The number of carboxylic acid groups (broad SMARTS) is 1. The molecule has 0 radical (unpaired) electrons. The van der Waals surface area contributed by atoms with Crippen molar-refractivity contribution < 1.29 is 19.2 Å². The zero-order chi connectivity index (χ0) is 13.7. The highest BCUT2D eigenvalue weighted by Crippen LogP contribution is 2.11. The Bertz CT molecular complexity index is 550. The number of nitrogens with zero attached hydrogens (tertiary/aromatic N) is 3. The van der Waals surface area contributed by atoms with Crippen LogP contribution in [0.1, 0.15) is 35.5 Å². The fourth-order valence-corrected chi connectivity index (χ4v) is 1.41. The summed E-state index contributed by atoms with van der Waals surface area (Å²) in [5.74, 6) is 0.402. The molecule has 1 N–H and O–H groups in total. The van der Waals surface area contributed by atoms with Gasteiger partial charge in [-0.3, -0.25) is 0 Å². The van der Waals surface area contributed by atoms with E-state index >= 15 is 0 Å². The van der Waals surface area contributed by atoms with E-state index in [0.717, 1.165) is 12.8 Å². The Balaban J connectivity index is 1.92. The van der Waals surface area contributed by atoms with Gasteiger partial charge in [0.2, 0.25) is 0 Å². The van der Waals surface area contributed by atoms with Crippen molar-refractivity contribution in [3.63, 3.8) is 0 Å². The number of aromatic nitrogens is 3. The summed E-state index contributed by atoms with van der Waals surface area (Å²) in [5.41, 5.74) is -0.0321. The molecule has 0 spiro atoms. The molecule has 100 valence electrons. The molecule has 0 amide bonds. The third kappa shape index (κ3) is 3.51. The summed E-state index contributed by atoms with van der Waals surface area (Å²) in [6.07, 6.45) is 3.05. The van der Waals surface area contributed by atoms with Crippen LogP contribution in [0.2, 0.25) is 0 Å². The lowest BCUT2D eigenvalue weighted by Crippen LogP contribution is -2.01. The molecule has 0 aromatic carbocycles. The van der Waals surface area contributed by atoms with Gasteiger partial charge in [0.05, 0.1) is 6.20 Å². The molecule has 7 nitrogen and oxygen atoms in total. The van der Waals surface area contributed by atoms with Crippen molar-refractivity contribution in [1.82, 2.24) is 15.1 Å². The Labute approximate surface area is 109 Å².